The number of morpholine rings is 1. The van der Waals surface area contributed by atoms with Crippen molar-refractivity contribution in [1.29, 1.82) is 0 Å². The second-order valence-electron chi connectivity index (χ2n) is 5.23. The van der Waals surface area contributed by atoms with Crippen LogP contribution in [0, 0.1) is 10.1 Å². The number of nitro groups is 1. The van der Waals surface area contributed by atoms with E-state index in [0.29, 0.717) is 24.9 Å². The molecule has 1 aliphatic rings. The van der Waals surface area contributed by atoms with E-state index in [0.717, 1.165) is 13.0 Å². The number of aromatic nitrogens is 2. The summed E-state index contributed by atoms with van der Waals surface area (Å²) in [6.07, 6.45) is 2.22. The quantitative estimate of drug-likeness (QED) is 0.654. The summed E-state index contributed by atoms with van der Waals surface area (Å²) >= 11 is 0. The highest BCUT2D eigenvalue weighted by atomic mass is 16.6. The highest BCUT2D eigenvalue weighted by Crippen LogP contribution is 2.29. The van der Waals surface area contributed by atoms with Gasteiger partial charge in [-0.25, -0.2) is 4.98 Å². The zero-order chi connectivity index (χ0) is 15.4. The predicted octanol–water partition coefficient (Wildman–Crippen LogP) is 1.82. The van der Waals surface area contributed by atoms with Gasteiger partial charge in [-0.3, -0.25) is 10.1 Å². The van der Waals surface area contributed by atoms with Gasteiger partial charge in [0.15, 0.2) is 0 Å². The summed E-state index contributed by atoms with van der Waals surface area (Å²) in [5.74, 6) is 0.778. The van der Waals surface area contributed by atoms with Gasteiger partial charge >= 0.3 is 5.69 Å². The Bertz CT molecular complexity index is 511. The molecule has 0 saturated carbocycles. The van der Waals surface area contributed by atoms with Crippen molar-refractivity contribution >= 4 is 17.5 Å². The Kier molecular flexibility index (Phi) is 4.89. The number of anilines is 2. The third-order valence-corrected chi connectivity index (χ3v) is 3.36. The number of hydrogen-bond donors (Lipinski definition) is 1. The minimum absolute atomic E-state index is 0.0165. The van der Waals surface area contributed by atoms with Gasteiger partial charge < -0.3 is 15.0 Å². The van der Waals surface area contributed by atoms with Crippen LogP contribution in [-0.2, 0) is 4.74 Å². The van der Waals surface area contributed by atoms with Crippen molar-refractivity contribution in [3.8, 4) is 0 Å². The molecule has 21 heavy (non-hydrogen) atoms. The molecule has 0 bridgehead atoms. The van der Waals surface area contributed by atoms with Gasteiger partial charge in [-0.2, -0.15) is 4.98 Å². The summed E-state index contributed by atoms with van der Waals surface area (Å²) in [6, 6.07) is 0.0359. The Balaban J connectivity index is 2.35. The normalized spacial score (nSPS) is 22.1. The van der Waals surface area contributed by atoms with Crippen LogP contribution in [0.15, 0.2) is 6.20 Å². The summed E-state index contributed by atoms with van der Waals surface area (Å²) < 4.78 is 5.57. The van der Waals surface area contributed by atoms with Crippen molar-refractivity contribution in [1.82, 2.24) is 9.97 Å². The van der Waals surface area contributed by atoms with Crippen molar-refractivity contribution in [2.75, 3.05) is 29.9 Å². The van der Waals surface area contributed by atoms with Gasteiger partial charge in [0.05, 0.1) is 23.7 Å². The first kappa shape index (κ1) is 15.4. The molecule has 2 unspecified atom stereocenters. The molecule has 2 heterocycles. The van der Waals surface area contributed by atoms with Crippen LogP contribution in [0.2, 0.25) is 0 Å². The van der Waals surface area contributed by atoms with E-state index in [2.05, 4.69) is 15.3 Å². The lowest BCUT2D eigenvalue weighted by Crippen LogP contribution is -2.48. The molecular weight excluding hydrogens is 274 g/mol. The SMILES string of the molecule is CCCNc1ncc([N+](=O)[O-])c(N2CC(C)OCC2C)n1. The van der Waals surface area contributed by atoms with Crippen molar-refractivity contribution < 1.29 is 9.66 Å². The lowest BCUT2D eigenvalue weighted by Gasteiger charge is -2.37. The van der Waals surface area contributed by atoms with Crippen LogP contribution in [0.5, 0.6) is 0 Å². The molecule has 116 valence electrons. The first-order valence-corrected chi connectivity index (χ1v) is 7.16. The van der Waals surface area contributed by atoms with Gasteiger partial charge in [-0.1, -0.05) is 6.92 Å². The monoisotopic (exact) mass is 295 g/mol. The average molecular weight is 295 g/mol. The molecule has 1 aromatic rings. The molecule has 1 fully saturated rings. The number of rotatable bonds is 5. The molecule has 1 aromatic heterocycles. The predicted molar refractivity (Wildman–Crippen MR) is 79.7 cm³/mol. The molecule has 8 nitrogen and oxygen atoms in total. The maximum atomic E-state index is 11.2. The number of ether oxygens (including phenoxy) is 1. The maximum absolute atomic E-state index is 11.2. The van der Waals surface area contributed by atoms with Crippen LogP contribution in [0.25, 0.3) is 0 Å². The van der Waals surface area contributed by atoms with Crippen molar-refractivity contribution in [2.24, 2.45) is 0 Å². The molecule has 2 rings (SSSR count). The van der Waals surface area contributed by atoms with Crippen LogP contribution in [0.4, 0.5) is 17.5 Å². The van der Waals surface area contributed by atoms with Gasteiger partial charge in [-0.05, 0) is 20.3 Å². The first-order valence-electron chi connectivity index (χ1n) is 7.16. The fourth-order valence-corrected chi connectivity index (χ4v) is 2.23. The summed E-state index contributed by atoms with van der Waals surface area (Å²) in [6.45, 7) is 7.78. The van der Waals surface area contributed by atoms with Crippen molar-refractivity contribution in [3.05, 3.63) is 16.3 Å². The Labute approximate surface area is 123 Å². The molecule has 0 spiro atoms. The molecule has 0 aliphatic carbocycles. The lowest BCUT2D eigenvalue weighted by atomic mass is 10.2. The van der Waals surface area contributed by atoms with Gasteiger partial charge in [0.1, 0.15) is 6.20 Å². The Morgan fingerprint density at radius 2 is 2.33 bits per heavy atom. The fraction of sp³-hybridized carbons (Fsp3) is 0.692. The molecule has 8 heteroatoms. The summed E-state index contributed by atoms with van der Waals surface area (Å²) in [5, 5.41) is 14.3. The first-order chi connectivity index (χ1) is 10.0. The molecule has 1 N–H and O–H groups in total. The average Bonchev–Trinajstić information content (AvgIpc) is 2.47. The van der Waals surface area contributed by atoms with Gasteiger partial charge in [0.25, 0.3) is 0 Å². The Morgan fingerprint density at radius 3 is 3.00 bits per heavy atom. The molecular formula is C13H21N5O3. The number of nitrogens with zero attached hydrogens (tertiary/aromatic N) is 4. The van der Waals surface area contributed by atoms with E-state index in [1.807, 2.05) is 25.7 Å². The van der Waals surface area contributed by atoms with E-state index >= 15 is 0 Å². The van der Waals surface area contributed by atoms with E-state index in [1.165, 1.54) is 6.20 Å². The van der Waals surface area contributed by atoms with E-state index in [9.17, 15) is 10.1 Å². The Hall–Kier alpha value is -1.96. The highest BCUT2D eigenvalue weighted by molar-refractivity contribution is 5.59. The number of hydrogen-bond acceptors (Lipinski definition) is 7. The van der Waals surface area contributed by atoms with Gasteiger partial charge in [-0.15, -0.1) is 0 Å². The zero-order valence-corrected chi connectivity index (χ0v) is 12.6. The minimum atomic E-state index is -0.439. The fourth-order valence-electron chi connectivity index (χ4n) is 2.23. The Morgan fingerprint density at radius 1 is 1.57 bits per heavy atom. The van der Waals surface area contributed by atoms with Gasteiger partial charge in [0.2, 0.25) is 11.8 Å². The van der Waals surface area contributed by atoms with Crippen LogP contribution >= 0.6 is 0 Å². The van der Waals surface area contributed by atoms with E-state index in [1.54, 1.807) is 0 Å². The van der Waals surface area contributed by atoms with Gasteiger partial charge in [0, 0.05) is 13.1 Å². The molecule has 0 amide bonds. The van der Waals surface area contributed by atoms with Crippen LogP contribution in [-0.4, -0.2) is 46.7 Å². The molecule has 1 aliphatic heterocycles. The molecule has 0 radical (unpaired) electrons. The largest absolute Gasteiger partial charge is 0.375 e. The second-order valence-corrected chi connectivity index (χ2v) is 5.23. The number of nitrogens with one attached hydrogen (secondary N) is 1. The smallest absolute Gasteiger partial charge is 0.329 e. The van der Waals surface area contributed by atoms with Crippen molar-refractivity contribution in [3.63, 3.8) is 0 Å². The summed E-state index contributed by atoms with van der Waals surface area (Å²) in [4.78, 5) is 21.1. The van der Waals surface area contributed by atoms with Crippen molar-refractivity contribution in [2.45, 2.75) is 39.3 Å². The van der Waals surface area contributed by atoms with Crippen LogP contribution in [0.3, 0.4) is 0 Å². The zero-order valence-electron chi connectivity index (χ0n) is 12.6. The van der Waals surface area contributed by atoms with E-state index in [-0.39, 0.29) is 17.8 Å². The summed E-state index contributed by atoms with van der Waals surface area (Å²) in [7, 11) is 0. The molecule has 1 saturated heterocycles. The highest BCUT2D eigenvalue weighted by Gasteiger charge is 2.30. The molecule has 2 atom stereocenters. The van der Waals surface area contributed by atoms with Crippen LogP contribution < -0.4 is 10.2 Å². The second kappa shape index (κ2) is 6.66. The topological polar surface area (TPSA) is 93.4 Å². The van der Waals surface area contributed by atoms with E-state index in [4.69, 9.17) is 4.74 Å². The lowest BCUT2D eigenvalue weighted by molar-refractivity contribution is -0.384. The maximum Gasteiger partial charge on any atom is 0.329 e. The van der Waals surface area contributed by atoms with Crippen LogP contribution in [0.1, 0.15) is 27.2 Å². The molecule has 0 aromatic carbocycles. The van der Waals surface area contributed by atoms with E-state index < -0.39 is 4.92 Å². The third kappa shape index (κ3) is 3.57. The third-order valence-electron chi connectivity index (χ3n) is 3.36. The summed E-state index contributed by atoms with van der Waals surface area (Å²) in [5.41, 5.74) is -0.0713. The standard InChI is InChI=1S/C13H21N5O3/c1-4-5-14-13-15-6-11(18(19)20)12(16-13)17-7-10(3)21-8-9(17)2/h6,9-10H,4-5,7-8H2,1-3H3,(H,14,15,16). The minimum Gasteiger partial charge on any atom is -0.375 e.